The fourth-order valence-corrected chi connectivity index (χ4v) is 3.91. The van der Waals surface area contributed by atoms with Gasteiger partial charge in [-0.1, -0.05) is 101 Å². The Balaban J connectivity index is 0.00000841. The van der Waals surface area contributed by atoms with Crippen molar-refractivity contribution in [2.45, 2.75) is 103 Å². The number of rotatable bonds is 18. The molecule has 0 amide bonds. The van der Waals surface area contributed by atoms with Gasteiger partial charge in [-0.05, 0) is 51.8 Å². The van der Waals surface area contributed by atoms with E-state index < -0.39 is 0 Å². The molecule has 0 bridgehead atoms. The molecule has 0 radical (unpaired) electrons. The van der Waals surface area contributed by atoms with Crippen molar-refractivity contribution in [2.24, 2.45) is 0 Å². The van der Waals surface area contributed by atoms with Crippen LogP contribution in [-0.4, -0.2) is 24.8 Å². The standard InChI is InChI=1S/C27H45NO.ClH/c1-4-5-6-7-8-9-10-11-12-13-14-15-16-17-21-24-26(29)27(28(2)3)25-22-19-18-20-23-25;/h11-12,18-20,22-23,27H,4-10,13-17,21,24H2,1-3H3;1H/b12-11-;. The Morgan fingerprint density at radius 2 is 1.30 bits per heavy atom. The van der Waals surface area contributed by atoms with E-state index in [1.54, 1.807) is 0 Å². The van der Waals surface area contributed by atoms with Gasteiger partial charge in [-0.2, -0.15) is 0 Å². The molecule has 0 heterocycles. The van der Waals surface area contributed by atoms with Crippen molar-refractivity contribution in [1.82, 2.24) is 4.90 Å². The van der Waals surface area contributed by atoms with Gasteiger partial charge in [0.25, 0.3) is 0 Å². The number of carbonyl (C=O) groups excluding carboxylic acids is 1. The summed E-state index contributed by atoms with van der Waals surface area (Å²) in [5, 5.41) is 0. The quantitative estimate of drug-likeness (QED) is 0.170. The summed E-state index contributed by atoms with van der Waals surface area (Å²) in [6.45, 7) is 2.27. The highest BCUT2D eigenvalue weighted by Gasteiger charge is 2.21. The van der Waals surface area contributed by atoms with Crippen LogP contribution < -0.4 is 0 Å². The number of halogens is 1. The Labute approximate surface area is 192 Å². The highest BCUT2D eigenvalue weighted by atomic mass is 35.5. The lowest BCUT2D eigenvalue weighted by molar-refractivity contribution is -0.123. The van der Waals surface area contributed by atoms with E-state index in [0.29, 0.717) is 12.2 Å². The smallest absolute Gasteiger partial charge is 0.154 e. The van der Waals surface area contributed by atoms with Crippen LogP contribution in [-0.2, 0) is 4.79 Å². The summed E-state index contributed by atoms with van der Waals surface area (Å²) < 4.78 is 0. The van der Waals surface area contributed by atoms with Crippen molar-refractivity contribution in [2.75, 3.05) is 14.1 Å². The van der Waals surface area contributed by atoms with Crippen LogP contribution in [0.25, 0.3) is 0 Å². The number of ketones is 1. The number of unbranched alkanes of at least 4 members (excludes halogenated alkanes) is 11. The number of hydrogen-bond donors (Lipinski definition) is 0. The van der Waals surface area contributed by atoms with Gasteiger partial charge in [0.2, 0.25) is 0 Å². The van der Waals surface area contributed by atoms with Crippen molar-refractivity contribution >= 4 is 18.2 Å². The van der Waals surface area contributed by atoms with Gasteiger partial charge in [0, 0.05) is 6.42 Å². The fourth-order valence-electron chi connectivity index (χ4n) is 3.91. The van der Waals surface area contributed by atoms with Gasteiger partial charge in [0.05, 0.1) is 6.04 Å². The monoisotopic (exact) mass is 435 g/mol. The molecule has 3 heteroatoms. The van der Waals surface area contributed by atoms with E-state index in [4.69, 9.17) is 0 Å². The first-order valence-electron chi connectivity index (χ1n) is 12.1. The lowest BCUT2D eigenvalue weighted by atomic mass is 9.97. The third kappa shape index (κ3) is 14.0. The summed E-state index contributed by atoms with van der Waals surface area (Å²) in [5.74, 6) is 0.346. The zero-order valence-corrected chi connectivity index (χ0v) is 20.6. The minimum Gasteiger partial charge on any atom is -0.298 e. The van der Waals surface area contributed by atoms with E-state index in [0.717, 1.165) is 12.0 Å². The Bertz CT molecular complexity index is 541. The summed E-state index contributed by atoms with van der Waals surface area (Å²) in [6, 6.07) is 10.0. The van der Waals surface area contributed by atoms with Crippen LogP contribution in [0.1, 0.15) is 108 Å². The Hall–Kier alpha value is -1.12. The SMILES string of the molecule is CCCCCCCC/C=C\CCCCCCCC(=O)C(c1ccccc1)N(C)C.Cl. The predicted molar refractivity (Wildman–Crippen MR) is 135 cm³/mol. The maximum atomic E-state index is 12.7. The van der Waals surface area contributed by atoms with Crippen LogP contribution in [0.15, 0.2) is 42.5 Å². The number of hydrogen-bond acceptors (Lipinski definition) is 2. The van der Waals surface area contributed by atoms with Gasteiger partial charge < -0.3 is 0 Å². The molecule has 0 aliphatic rings. The van der Waals surface area contributed by atoms with Crippen LogP contribution in [0.3, 0.4) is 0 Å². The number of Topliss-reactive ketones (excluding diaryl/α,β-unsaturated/α-hetero) is 1. The van der Waals surface area contributed by atoms with Gasteiger partial charge in [-0.15, -0.1) is 12.4 Å². The normalized spacial score (nSPS) is 12.3. The summed E-state index contributed by atoms with van der Waals surface area (Å²) in [7, 11) is 3.99. The molecule has 0 fully saturated rings. The lowest BCUT2D eigenvalue weighted by Gasteiger charge is -2.23. The van der Waals surface area contributed by atoms with Crippen molar-refractivity contribution in [3.05, 3.63) is 48.0 Å². The van der Waals surface area contributed by atoms with Crippen LogP contribution in [0, 0.1) is 0 Å². The van der Waals surface area contributed by atoms with Crippen LogP contribution in [0.4, 0.5) is 0 Å². The van der Waals surface area contributed by atoms with Crippen molar-refractivity contribution < 1.29 is 4.79 Å². The van der Waals surface area contributed by atoms with Gasteiger partial charge in [0.15, 0.2) is 5.78 Å². The largest absolute Gasteiger partial charge is 0.298 e. The zero-order valence-electron chi connectivity index (χ0n) is 19.8. The Kier molecular flexibility index (Phi) is 19.1. The molecular formula is C27H46ClNO. The molecule has 0 saturated carbocycles. The van der Waals surface area contributed by atoms with Crippen LogP contribution in [0.2, 0.25) is 0 Å². The minimum absolute atomic E-state index is 0. The Morgan fingerprint density at radius 1 is 0.800 bits per heavy atom. The molecule has 0 saturated heterocycles. The van der Waals surface area contributed by atoms with E-state index in [2.05, 4.69) is 31.2 Å². The molecule has 0 aliphatic heterocycles. The number of allylic oxidation sites excluding steroid dienone is 2. The zero-order chi connectivity index (χ0) is 21.2. The third-order valence-electron chi connectivity index (χ3n) is 5.62. The second kappa shape index (κ2) is 19.8. The van der Waals surface area contributed by atoms with E-state index in [1.165, 1.54) is 77.0 Å². The average molecular weight is 436 g/mol. The fraction of sp³-hybridized carbons (Fsp3) is 0.667. The van der Waals surface area contributed by atoms with Crippen molar-refractivity contribution in [3.63, 3.8) is 0 Å². The van der Waals surface area contributed by atoms with E-state index in [9.17, 15) is 4.79 Å². The molecule has 30 heavy (non-hydrogen) atoms. The molecule has 0 aromatic heterocycles. The molecule has 172 valence electrons. The molecule has 1 atom stereocenters. The van der Waals surface area contributed by atoms with Crippen LogP contribution in [0.5, 0.6) is 0 Å². The molecule has 2 nitrogen and oxygen atoms in total. The molecular weight excluding hydrogens is 390 g/mol. The molecule has 0 N–H and O–H groups in total. The van der Waals surface area contributed by atoms with Crippen LogP contribution >= 0.6 is 12.4 Å². The number of nitrogens with zero attached hydrogens (tertiary/aromatic N) is 1. The molecule has 1 aromatic carbocycles. The van der Waals surface area contributed by atoms with Gasteiger partial charge in [0.1, 0.15) is 0 Å². The van der Waals surface area contributed by atoms with Gasteiger partial charge in [-0.3, -0.25) is 9.69 Å². The number of likely N-dealkylation sites (N-methyl/N-ethyl adjacent to an activating group) is 1. The highest BCUT2D eigenvalue weighted by molar-refractivity contribution is 5.85. The van der Waals surface area contributed by atoms with E-state index in [-0.39, 0.29) is 18.4 Å². The number of benzene rings is 1. The highest BCUT2D eigenvalue weighted by Crippen LogP contribution is 2.22. The van der Waals surface area contributed by atoms with Gasteiger partial charge in [-0.25, -0.2) is 0 Å². The summed E-state index contributed by atoms with van der Waals surface area (Å²) in [5.41, 5.74) is 1.11. The third-order valence-corrected chi connectivity index (χ3v) is 5.62. The molecule has 1 rings (SSSR count). The minimum atomic E-state index is -0.104. The van der Waals surface area contributed by atoms with E-state index in [1.807, 2.05) is 37.2 Å². The topological polar surface area (TPSA) is 20.3 Å². The molecule has 0 spiro atoms. The Morgan fingerprint density at radius 3 is 1.83 bits per heavy atom. The van der Waals surface area contributed by atoms with Crippen molar-refractivity contribution in [1.29, 1.82) is 0 Å². The first-order chi connectivity index (χ1) is 14.2. The first kappa shape index (κ1) is 28.9. The first-order valence-corrected chi connectivity index (χ1v) is 12.1. The summed E-state index contributed by atoms with van der Waals surface area (Å²) in [6.07, 6.45) is 22.2. The number of carbonyl (C=O) groups is 1. The van der Waals surface area contributed by atoms with E-state index >= 15 is 0 Å². The van der Waals surface area contributed by atoms with Crippen molar-refractivity contribution in [3.8, 4) is 0 Å². The summed E-state index contributed by atoms with van der Waals surface area (Å²) >= 11 is 0. The second-order valence-corrected chi connectivity index (χ2v) is 8.58. The molecule has 0 aliphatic carbocycles. The van der Waals surface area contributed by atoms with Gasteiger partial charge >= 0.3 is 0 Å². The average Bonchev–Trinajstić information content (AvgIpc) is 2.71. The summed E-state index contributed by atoms with van der Waals surface area (Å²) in [4.78, 5) is 14.7. The maximum absolute atomic E-state index is 12.7. The second-order valence-electron chi connectivity index (χ2n) is 8.58. The maximum Gasteiger partial charge on any atom is 0.154 e. The molecule has 1 aromatic rings. The molecule has 1 unspecified atom stereocenters. The predicted octanol–water partition coefficient (Wildman–Crippen LogP) is 8.32. The lowest BCUT2D eigenvalue weighted by Crippen LogP contribution is -2.27.